The Morgan fingerprint density at radius 1 is 1.67 bits per heavy atom. The van der Waals surface area contributed by atoms with Crippen LogP contribution in [0.3, 0.4) is 0 Å². The smallest absolute Gasteiger partial charge is 0.295 e. The van der Waals surface area contributed by atoms with Gasteiger partial charge in [-0.25, -0.2) is 4.98 Å². The van der Waals surface area contributed by atoms with Crippen LogP contribution in [-0.4, -0.2) is 23.6 Å². The molecule has 1 unspecified atom stereocenters. The summed E-state index contributed by atoms with van der Waals surface area (Å²) in [5.41, 5.74) is -0.265. The van der Waals surface area contributed by atoms with E-state index >= 15 is 0 Å². The summed E-state index contributed by atoms with van der Waals surface area (Å²) in [6.07, 6.45) is 2.45. The summed E-state index contributed by atoms with van der Waals surface area (Å²) in [5, 5.41) is 3.10. The van der Waals surface area contributed by atoms with Gasteiger partial charge in [0.1, 0.15) is 0 Å². The van der Waals surface area contributed by atoms with E-state index in [0.717, 1.165) is 13.0 Å². The molecule has 1 heterocycles. The van der Waals surface area contributed by atoms with Crippen LogP contribution in [0.25, 0.3) is 0 Å². The van der Waals surface area contributed by atoms with Crippen molar-refractivity contribution in [2.75, 3.05) is 19.0 Å². The van der Waals surface area contributed by atoms with Gasteiger partial charge >= 0.3 is 0 Å². The van der Waals surface area contributed by atoms with E-state index in [2.05, 4.69) is 29.1 Å². The molecule has 0 aliphatic carbocycles. The average Bonchev–Trinajstić information content (AvgIpc) is 2.25. The third-order valence-electron chi connectivity index (χ3n) is 2.33. The Hall–Kier alpha value is -1.52. The van der Waals surface area contributed by atoms with Crippen LogP contribution in [0.5, 0.6) is 5.75 Å². The van der Waals surface area contributed by atoms with Crippen molar-refractivity contribution >= 4 is 5.82 Å². The molecule has 0 bridgehead atoms. The summed E-state index contributed by atoms with van der Waals surface area (Å²) in [6.45, 7) is 5.03. The number of aromatic nitrogens is 2. The minimum absolute atomic E-state index is 0.237. The molecule has 0 saturated heterocycles. The molecule has 2 N–H and O–H groups in total. The van der Waals surface area contributed by atoms with Gasteiger partial charge in [-0.3, -0.25) is 4.79 Å². The second-order valence-electron chi connectivity index (χ2n) is 3.51. The largest absolute Gasteiger partial charge is 0.489 e. The molecule has 0 fully saturated rings. The molecule has 1 aromatic rings. The second kappa shape index (κ2) is 5.38. The Balaban J connectivity index is 2.76. The van der Waals surface area contributed by atoms with Gasteiger partial charge in [-0.2, -0.15) is 0 Å². The maximum Gasteiger partial charge on any atom is 0.295 e. The topological polar surface area (TPSA) is 67.0 Å². The third kappa shape index (κ3) is 2.97. The van der Waals surface area contributed by atoms with E-state index in [9.17, 15) is 4.79 Å². The number of aromatic amines is 1. The van der Waals surface area contributed by atoms with E-state index in [1.54, 1.807) is 0 Å². The van der Waals surface area contributed by atoms with Crippen LogP contribution in [0.15, 0.2) is 11.1 Å². The van der Waals surface area contributed by atoms with Crippen LogP contribution in [-0.2, 0) is 0 Å². The first-order valence-corrected chi connectivity index (χ1v) is 5.04. The van der Waals surface area contributed by atoms with Crippen molar-refractivity contribution < 1.29 is 4.74 Å². The molecule has 5 heteroatoms. The van der Waals surface area contributed by atoms with Crippen molar-refractivity contribution in [2.24, 2.45) is 5.92 Å². The van der Waals surface area contributed by atoms with Crippen LogP contribution >= 0.6 is 0 Å². The first-order valence-electron chi connectivity index (χ1n) is 5.04. The van der Waals surface area contributed by atoms with E-state index in [0.29, 0.717) is 11.7 Å². The van der Waals surface area contributed by atoms with Crippen LogP contribution < -0.4 is 15.6 Å². The molecule has 5 nitrogen and oxygen atoms in total. The molecule has 0 amide bonds. The van der Waals surface area contributed by atoms with Gasteiger partial charge < -0.3 is 15.0 Å². The fourth-order valence-corrected chi connectivity index (χ4v) is 1.12. The van der Waals surface area contributed by atoms with Crippen molar-refractivity contribution in [1.29, 1.82) is 0 Å². The summed E-state index contributed by atoms with van der Waals surface area (Å²) in [4.78, 5) is 17.8. The van der Waals surface area contributed by atoms with Gasteiger partial charge in [-0.15, -0.1) is 0 Å². The maximum atomic E-state index is 11.3. The predicted octanol–water partition coefficient (Wildman–Crippen LogP) is 1.24. The Bertz CT molecular complexity index is 362. The zero-order valence-electron chi connectivity index (χ0n) is 9.33. The lowest BCUT2D eigenvalue weighted by Gasteiger charge is -2.12. The second-order valence-corrected chi connectivity index (χ2v) is 3.51. The summed E-state index contributed by atoms with van der Waals surface area (Å²) in [5.74, 6) is 1.28. The molecule has 1 atom stereocenters. The Kier molecular flexibility index (Phi) is 4.15. The van der Waals surface area contributed by atoms with Gasteiger partial charge in [0.15, 0.2) is 5.82 Å². The molecule has 0 aliphatic heterocycles. The highest BCUT2D eigenvalue weighted by Crippen LogP contribution is 2.15. The average molecular weight is 211 g/mol. The van der Waals surface area contributed by atoms with Crippen molar-refractivity contribution in [1.82, 2.24) is 9.97 Å². The van der Waals surface area contributed by atoms with Crippen molar-refractivity contribution in [2.45, 2.75) is 20.3 Å². The summed E-state index contributed by atoms with van der Waals surface area (Å²) >= 11 is 0. The van der Waals surface area contributed by atoms with Crippen molar-refractivity contribution in [3.8, 4) is 5.75 Å². The first kappa shape index (κ1) is 11.6. The summed E-state index contributed by atoms with van der Waals surface area (Å²) < 4.78 is 4.97. The number of hydrogen-bond donors (Lipinski definition) is 2. The van der Waals surface area contributed by atoms with Crippen LogP contribution in [0.1, 0.15) is 20.3 Å². The highest BCUT2D eigenvalue weighted by atomic mass is 16.5. The van der Waals surface area contributed by atoms with Gasteiger partial charge in [0.25, 0.3) is 5.56 Å². The number of H-pyrrole nitrogens is 1. The normalized spacial score (nSPS) is 12.2. The van der Waals surface area contributed by atoms with E-state index in [1.807, 2.05) is 0 Å². The van der Waals surface area contributed by atoms with Gasteiger partial charge in [-0.05, 0) is 5.92 Å². The highest BCUT2D eigenvalue weighted by molar-refractivity contribution is 5.47. The zero-order valence-corrected chi connectivity index (χ0v) is 9.33. The number of nitrogens with zero attached hydrogens (tertiary/aromatic N) is 1. The lowest BCUT2D eigenvalue weighted by atomic mass is 10.1. The number of methoxy groups -OCH3 is 1. The van der Waals surface area contributed by atoms with Crippen LogP contribution in [0, 0.1) is 5.92 Å². The Labute approximate surface area is 88.9 Å². The predicted molar refractivity (Wildman–Crippen MR) is 59.4 cm³/mol. The Morgan fingerprint density at radius 3 is 3.00 bits per heavy atom. The standard InChI is InChI=1S/C10H17N3O2/c1-4-7(2)5-11-9-8(15-3)10(14)13-6-12-9/h6-7H,4-5H2,1-3H3,(H2,11,12,13,14). The number of rotatable bonds is 5. The summed E-state index contributed by atoms with van der Waals surface area (Å²) in [6, 6.07) is 0. The molecule has 0 aromatic carbocycles. The van der Waals surface area contributed by atoms with E-state index in [-0.39, 0.29) is 11.3 Å². The fourth-order valence-electron chi connectivity index (χ4n) is 1.12. The van der Waals surface area contributed by atoms with Gasteiger partial charge in [-0.1, -0.05) is 20.3 Å². The molecule has 84 valence electrons. The van der Waals surface area contributed by atoms with Crippen LogP contribution in [0.2, 0.25) is 0 Å². The molecule has 1 aromatic heterocycles. The molecule has 0 spiro atoms. The van der Waals surface area contributed by atoms with Gasteiger partial charge in [0, 0.05) is 6.54 Å². The Morgan fingerprint density at radius 2 is 2.40 bits per heavy atom. The lowest BCUT2D eigenvalue weighted by molar-refractivity contribution is 0.407. The lowest BCUT2D eigenvalue weighted by Crippen LogP contribution is -2.17. The third-order valence-corrected chi connectivity index (χ3v) is 2.33. The molecular formula is C10H17N3O2. The number of hydrogen-bond acceptors (Lipinski definition) is 4. The number of ether oxygens (including phenoxy) is 1. The van der Waals surface area contributed by atoms with Crippen LogP contribution in [0.4, 0.5) is 5.82 Å². The molecule has 1 rings (SSSR count). The molecule has 15 heavy (non-hydrogen) atoms. The van der Waals surface area contributed by atoms with Crippen molar-refractivity contribution in [3.05, 3.63) is 16.7 Å². The maximum absolute atomic E-state index is 11.3. The van der Waals surface area contributed by atoms with E-state index < -0.39 is 0 Å². The molecule has 0 aliphatic rings. The minimum atomic E-state index is -0.265. The number of anilines is 1. The zero-order chi connectivity index (χ0) is 11.3. The molecule has 0 radical (unpaired) electrons. The fraction of sp³-hybridized carbons (Fsp3) is 0.600. The quantitative estimate of drug-likeness (QED) is 0.769. The van der Waals surface area contributed by atoms with E-state index in [4.69, 9.17) is 4.74 Å². The van der Waals surface area contributed by atoms with Gasteiger partial charge in [0.05, 0.1) is 13.4 Å². The number of nitrogens with one attached hydrogen (secondary N) is 2. The minimum Gasteiger partial charge on any atom is -0.489 e. The SMILES string of the molecule is CCC(C)CNc1nc[nH]c(=O)c1OC. The summed E-state index contributed by atoms with van der Waals surface area (Å²) in [7, 11) is 1.46. The van der Waals surface area contributed by atoms with Crippen molar-refractivity contribution in [3.63, 3.8) is 0 Å². The molecule has 0 saturated carbocycles. The first-order chi connectivity index (χ1) is 7.19. The monoisotopic (exact) mass is 211 g/mol. The van der Waals surface area contributed by atoms with Gasteiger partial charge in [0.2, 0.25) is 5.75 Å². The molecular weight excluding hydrogens is 194 g/mol. The van der Waals surface area contributed by atoms with E-state index in [1.165, 1.54) is 13.4 Å². The highest BCUT2D eigenvalue weighted by Gasteiger charge is 2.08.